The molecule has 0 aliphatic carbocycles. The van der Waals surface area contributed by atoms with Crippen LogP contribution in [0, 0.1) is 0 Å². The molecule has 4 atom stereocenters. The van der Waals surface area contributed by atoms with Crippen LogP contribution in [0.5, 0.6) is 0 Å². The molecule has 0 amide bonds. The molecule has 3 rings (SSSR count). The van der Waals surface area contributed by atoms with E-state index in [4.69, 9.17) is 39.5 Å². The van der Waals surface area contributed by atoms with E-state index in [1.807, 2.05) is 0 Å². The third-order valence-electron chi connectivity index (χ3n) is 3.43. The fourth-order valence-corrected chi connectivity index (χ4v) is 3.50. The molecular formula is C12H10BrCl3N2O3. The van der Waals surface area contributed by atoms with E-state index in [2.05, 4.69) is 20.9 Å². The van der Waals surface area contributed by atoms with Crippen LogP contribution in [0.4, 0.5) is 0 Å². The molecular weight excluding hydrogens is 406 g/mol. The number of benzene rings is 1. The fourth-order valence-electron chi connectivity index (χ4n) is 2.37. The average Bonchev–Trinajstić information content (AvgIpc) is 2.89. The predicted octanol–water partition coefficient (Wildman–Crippen LogP) is 3.01. The van der Waals surface area contributed by atoms with Crippen LogP contribution < -0.4 is 0 Å². The van der Waals surface area contributed by atoms with Crippen molar-refractivity contribution >= 4 is 61.8 Å². The van der Waals surface area contributed by atoms with Crippen molar-refractivity contribution < 1.29 is 14.9 Å². The quantitative estimate of drug-likeness (QED) is 0.739. The Kier molecular flexibility index (Phi) is 4.40. The van der Waals surface area contributed by atoms with Crippen molar-refractivity contribution in [2.75, 3.05) is 5.33 Å². The molecule has 1 fully saturated rings. The number of aliphatic hydroxyl groups excluding tert-OH is 2. The number of alkyl halides is 1. The Morgan fingerprint density at radius 2 is 1.86 bits per heavy atom. The van der Waals surface area contributed by atoms with Crippen molar-refractivity contribution in [3.05, 3.63) is 27.5 Å². The van der Waals surface area contributed by atoms with Crippen LogP contribution in [-0.4, -0.2) is 43.4 Å². The Labute approximate surface area is 143 Å². The number of hydrogen-bond acceptors (Lipinski definition) is 4. The van der Waals surface area contributed by atoms with Gasteiger partial charge in [-0.3, -0.25) is 4.57 Å². The van der Waals surface area contributed by atoms with Gasteiger partial charge in [0.2, 0.25) is 5.28 Å². The molecule has 0 radical (unpaired) electrons. The Bertz CT molecular complexity index is 696. The molecule has 1 saturated heterocycles. The first kappa shape index (κ1) is 15.8. The summed E-state index contributed by atoms with van der Waals surface area (Å²) in [6.07, 6.45) is -3.54. The number of hydrogen-bond donors (Lipinski definition) is 2. The van der Waals surface area contributed by atoms with E-state index in [1.165, 1.54) is 4.57 Å². The predicted molar refractivity (Wildman–Crippen MR) is 84.5 cm³/mol. The third-order valence-corrected chi connectivity index (χ3v) is 5.06. The summed E-state index contributed by atoms with van der Waals surface area (Å²) in [6, 6.07) is 3.18. The highest BCUT2D eigenvalue weighted by Gasteiger charge is 2.44. The van der Waals surface area contributed by atoms with Gasteiger partial charge >= 0.3 is 0 Å². The summed E-state index contributed by atoms with van der Waals surface area (Å²) < 4.78 is 7.15. The summed E-state index contributed by atoms with van der Waals surface area (Å²) in [4.78, 5) is 4.17. The second kappa shape index (κ2) is 5.85. The van der Waals surface area contributed by atoms with E-state index < -0.39 is 24.5 Å². The van der Waals surface area contributed by atoms with Gasteiger partial charge in [-0.2, -0.15) is 0 Å². The summed E-state index contributed by atoms with van der Waals surface area (Å²) >= 11 is 21.3. The number of nitrogens with zero attached hydrogens (tertiary/aromatic N) is 2. The first-order valence-electron chi connectivity index (χ1n) is 6.04. The maximum absolute atomic E-state index is 10.2. The van der Waals surface area contributed by atoms with Gasteiger partial charge in [-0.05, 0) is 23.7 Å². The lowest BCUT2D eigenvalue weighted by Gasteiger charge is -2.18. The lowest BCUT2D eigenvalue weighted by Crippen LogP contribution is -2.32. The van der Waals surface area contributed by atoms with Crippen LogP contribution in [0.2, 0.25) is 15.3 Å². The van der Waals surface area contributed by atoms with Crippen LogP contribution >= 0.6 is 50.7 Å². The van der Waals surface area contributed by atoms with Crippen LogP contribution in [0.15, 0.2) is 12.1 Å². The molecule has 21 heavy (non-hydrogen) atoms. The zero-order valence-electron chi connectivity index (χ0n) is 10.4. The lowest BCUT2D eigenvalue weighted by atomic mass is 10.1. The lowest BCUT2D eigenvalue weighted by molar-refractivity contribution is -0.0281. The molecule has 1 aromatic heterocycles. The topological polar surface area (TPSA) is 67.5 Å². The van der Waals surface area contributed by atoms with Crippen LogP contribution in [-0.2, 0) is 4.74 Å². The molecule has 1 aliphatic heterocycles. The van der Waals surface area contributed by atoms with Crippen molar-refractivity contribution in [3.8, 4) is 0 Å². The van der Waals surface area contributed by atoms with Gasteiger partial charge in [0, 0.05) is 5.33 Å². The first-order valence-corrected chi connectivity index (χ1v) is 8.29. The van der Waals surface area contributed by atoms with Crippen LogP contribution in [0.25, 0.3) is 11.0 Å². The van der Waals surface area contributed by atoms with E-state index in [-0.39, 0.29) is 5.28 Å². The summed E-state index contributed by atoms with van der Waals surface area (Å²) in [5.74, 6) is 0. The van der Waals surface area contributed by atoms with Gasteiger partial charge in [0.1, 0.15) is 12.2 Å². The number of rotatable bonds is 2. The highest BCUT2D eigenvalue weighted by Crippen LogP contribution is 2.37. The number of fused-ring (bicyclic) bond motifs is 1. The maximum atomic E-state index is 10.2. The molecule has 5 nitrogen and oxygen atoms in total. The van der Waals surface area contributed by atoms with Crippen molar-refractivity contribution in [2.24, 2.45) is 0 Å². The molecule has 114 valence electrons. The molecule has 0 spiro atoms. The second-order valence-electron chi connectivity index (χ2n) is 4.71. The van der Waals surface area contributed by atoms with Crippen molar-refractivity contribution in [3.63, 3.8) is 0 Å². The van der Waals surface area contributed by atoms with Crippen molar-refractivity contribution in [1.82, 2.24) is 9.55 Å². The van der Waals surface area contributed by atoms with E-state index >= 15 is 0 Å². The zero-order valence-corrected chi connectivity index (χ0v) is 14.2. The first-order chi connectivity index (χ1) is 9.93. The molecule has 9 heteroatoms. The molecule has 2 aromatic rings. The molecule has 1 unspecified atom stereocenters. The van der Waals surface area contributed by atoms with E-state index in [0.29, 0.717) is 26.4 Å². The number of halogens is 4. The SMILES string of the molecule is O[C@@H]1[C@@H](CBr)OC(n2c(Cl)nc3cc(Cl)c(Cl)cc32)[C@@H]1O. The van der Waals surface area contributed by atoms with Crippen molar-refractivity contribution in [2.45, 2.75) is 24.5 Å². The second-order valence-corrected chi connectivity index (χ2v) is 6.51. The highest BCUT2D eigenvalue weighted by molar-refractivity contribution is 9.09. The average molecular weight is 416 g/mol. The fraction of sp³-hybridized carbons (Fsp3) is 0.417. The number of aliphatic hydroxyl groups is 2. The van der Waals surface area contributed by atoms with Gasteiger partial charge in [-0.1, -0.05) is 39.1 Å². The molecule has 0 saturated carbocycles. The number of ether oxygens (including phenoxy) is 1. The highest BCUT2D eigenvalue weighted by atomic mass is 79.9. The van der Waals surface area contributed by atoms with Crippen LogP contribution in [0.1, 0.15) is 6.23 Å². The van der Waals surface area contributed by atoms with Gasteiger partial charge in [-0.25, -0.2) is 4.98 Å². The summed E-state index contributed by atoms with van der Waals surface area (Å²) in [6.45, 7) is 0. The molecule has 1 aromatic carbocycles. The van der Waals surface area contributed by atoms with Gasteiger partial charge in [0.15, 0.2) is 6.23 Å². The standard InChI is InChI=1S/C12H10BrCl3N2O3/c13-3-8-9(19)10(20)11(21-8)18-7-2-5(15)4(14)1-6(7)17-12(18)16/h1-2,8-11,19-20H,3H2/t8-,9-,10-,11?/m1/s1. The number of imidazole rings is 1. The minimum absolute atomic E-state index is 0.120. The van der Waals surface area contributed by atoms with E-state index in [9.17, 15) is 10.2 Å². The molecule has 0 bridgehead atoms. The third kappa shape index (κ3) is 2.57. The van der Waals surface area contributed by atoms with Crippen molar-refractivity contribution in [1.29, 1.82) is 0 Å². The minimum atomic E-state index is -1.13. The van der Waals surface area contributed by atoms with Gasteiger partial charge in [0.25, 0.3) is 0 Å². The van der Waals surface area contributed by atoms with Gasteiger partial charge in [-0.15, -0.1) is 0 Å². The van der Waals surface area contributed by atoms with Gasteiger partial charge in [0.05, 0.1) is 27.2 Å². The minimum Gasteiger partial charge on any atom is -0.387 e. The zero-order chi connectivity index (χ0) is 15.3. The molecule has 2 N–H and O–H groups in total. The summed E-state index contributed by atoms with van der Waals surface area (Å²) in [5, 5.41) is 21.3. The van der Waals surface area contributed by atoms with Gasteiger partial charge < -0.3 is 14.9 Å². The Balaban J connectivity index is 2.12. The Hall–Kier alpha value is -0.0800. The monoisotopic (exact) mass is 414 g/mol. The number of aromatic nitrogens is 2. The molecule has 2 heterocycles. The van der Waals surface area contributed by atoms with E-state index in [1.54, 1.807) is 12.1 Å². The summed E-state index contributed by atoms with van der Waals surface area (Å²) in [7, 11) is 0. The summed E-state index contributed by atoms with van der Waals surface area (Å²) in [5.41, 5.74) is 1.10. The Morgan fingerprint density at radius 3 is 2.48 bits per heavy atom. The normalized spacial score (nSPS) is 29.4. The maximum Gasteiger partial charge on any atom is 0.206 e. The smallest absolute Gasteiger partial charge is 0.206 e. The molecule has 1 aliphatic rings. The largest absolute Gasteiger partial charge is 0.387 e. The van der Waals surface area contributed by atoms with E-state index in [0.717, 1.165) is 0 Å². The Morgan fingerprint density at radius 1 is 1.19 bits per heavy atom. The van der Waals surface area contributed by atoms with Crippen LogP contribution in [0.3, 0.4) is 0 Å².